The summed E-state index contributed by atoms with van der Waals surface area (Å²) < 4.78 is 5.04. The first-order valence-electron chi connectivity index (χ1n) is 6.12. The van der Waals surface area contributed by atoms with Gasteiger partial charge in [0.15, 0.2) is 5.60 Å². The molecule has 0 aromatic heterocycles. The van der Waals surface area contributed by atoms with Crippen LogP contribution in [-0.4, -0.2) is 28.9 Å². The number of ether oxygens (including phenoxy) is 1. The average molecular weight is 250 g/mol. The Morgan fingerprint density at radius 3 is 2.44 bits per heavy atom. The van der Waals surface area contributed by atoms with Crippen molar-refractivity contribution in [2.24, 2.45) is 5.92 Å². The number of aliphatic hydroxyl groups is 1. The van der Waals surface area contributed by atoms with Gasteiger partial charge in [0, 0.05) is 6.42 Å². The highest BCUT2D eigenvalue weighted by molar-refractivity contribution is 5.77. The predicted molar refractivity (Wildman–Crippen MR) is 66.6 cm³/mol. The molecule has 1 aromatic rings. The van der Waals surface area contributed by atoms with E-state index in [0.29, 0.717) is 12.3 Å². The minimum absolute atomic E-state index is 0.142. The Hall–Kier alpha value is -1.55. The van der Waals surface area contributed by atoms with Gasteiger partial charge in [0.2, 0.25) is 0 Å². The number of aliphatic carboxylic acids is 1. The van der Waals surface area contributed by atoms with Crippen LogP contribution in [0.2, 0.25) is 0 Å². The fraction of sp³-hybridized carbons (Fsp3) is 0.500. The maximum absolute atomic E-state index is 11.2. The van der Waals surface area contributed by atoms with E-state index < -0.39 is 11.6 Å². The summed E-state index contributed by atoms with van der Waals surface area (Å²) in [5.41, 5.74) is -0.836. The maximum atomic E-state index is 11.2. The largest absolute Gasteiger partial charge is 0.497 e. The summed E-state index contributed by atoms with van der Waals surface area (Å²) in [6.45, 7) is 0. The van der Waals surface area contributed by atoms with Crippen LogP contribution in [0, 0.1) is 5.92 Å². The Morgan fingerprint density at radius 1 is 1.39 bits per heavy atom. The zero-order valence-electron chi connectivity index (χ0n) is 10.4. The lowest BCUT2D eigenvalue weighted by Gasteiger charge is -2.23. The fourth-order valence-corrected chi connectivity index (χ4v) is 2.12. The number of benzene rings is 1. The van der Waals surface area contributed by atoms with Crippen molar-refractivity contribution in [1.29, 1.82) is 0 Å². The molecule has 1 aliphatic carbocycles. The third kappa shape index (κ3) is 3.01. The van der Waals surface area contributed by atoms with Crippen molar-refractivity contribution in [2.45, 2.75) is 31.3 Å². The number of carboxylic acids is 1. The van der Waals surface area contributed by atoms with Gasteiger partial charge in [-0.15, -0.1) is 0 Å². The summed E-state index contributed by atoms with van der Waals surface area (Å²) in [5.74, 6) is -0.0469. The van der Waals surface area contributed by atoms with Gasteiger partial charge in [-0.25, -0.2) is 4.79 Å². The second-order valence-electron chi connectivity index (χ2n) is 5.01. The molecule has 4 nitrogen and oxygen atoms in total. The number of hydrogen-bond acceptors (Lipinski definition) is 3. The second kappa shape index (κ2) is 4.98. The van der Waals surface area contributed by atoms with Crippen LogP contribution >= 0.6 is 0 Å². The Bertz CT molecular complexity index is 422. The fourth-order valence-electron chi connectivity index (χ4n) is 2.12. The molecule has 0 heterocycles. The molecule has 0 amide bonds. The first-order valence-corrected chi connectivity index (χ1v) is 6.12. The van der Waals surface area contributed by atoms with Crippen molar-refractivity contribution in [3.63, 3.8) is 0 Å². The summed E-state index contributed by atoms with van der Waals surface area (Å²) in [7, 11) is 1.58. The van der Waals surface area contributed by atoms with Gasteiger partial charge in [-0.2, -0.15) is 0 Å². The molecule has 1 aliphatic rings. The van der Waals surface area contributed by atoms with E-state index in [1.807, 2.05) is 0 Å². The summed E-state index contributed by atoms with van der Waals surface area (Å²) in [6, 6.07) is 7.13. The first kappa shape index (κ1) is 12.9. The number of hydrogen-bond donors (Lipinski definition) is 2. The zero-order chi connectivity index (χ0) is 13.2. The lowest BCUT2D eigenvalue weighted by Crippen LogP contribution is -2.41. The molecular formula is C14H18O4. The van der Waals surface area contributed by atoms with Crippen molar-refractivity contribution >= 4 is 5.97 Å². The van der Waals surface area contributed by atoms with Gasteiger partial charge in [0.25, 0.3) is 0 Å². The molecule has 1 fully saturated rings. The molecule has 2 N–H and O–H groups in total. The smallest absolute Gasteiger partial charge is 0.336 e. The van der Waals surface area contributed by atoms with E-state index in [1.165, 1.54) is 0 Å². The van der Waals surface area contributed by atoms with E-state index in [0.717, 1.165) is 24.2 Å². The van der Waals surface area contributed by atoms with Crippen LogP contribution in [0.5, 0.6) is 5.75 Å². The lowest BCUT2D eigenvalue weighted by molar-refractivity contribution is -0.159. The van der Waals surface area contributed by atoms with Gasteiger partial charge in [-0.3, -0.25) is 0 Å². The maximum Gasteiger partial charge on any atom is 0.336 e. The summed E-state index contributed by atoms with van der Waals surface area (Å²) >= 11 is 0. The summed E-state index contributed by atoms with van der Waals surface area (Å²) in [4.78, 5) is 11.2. The normalized spacial score (nSPS) is 18.1. The topological polar surface area (TPSA) is 66.8 Å². The molecule has 0 unspecified atom stereocenters. The summed E-state index contributed by atoms with van der Waals surface area (Å²) in [6.07, 6.45) is 2.54. The van der Waals surface area contributed by atoms with Crippen LogP contribution in [0.15, 0.2) is 24.3 Å². The van der Waals surface area contributed by atoms with Gasteiger partial charge >= 0.3 is 5.97 Å². The molecule has 98 valence electrons. The molecule has 0 radical (unpaired) electrons. The second-order valence-corrected chi connectivity index (χ2v) is 5.01. The number of methoxy groups -OCH3 is 1. The minimum atomic E-state index is -1.64. The van der Waals surface area contributed by atoms with Crippen LogP contribution < -0.4 is 4.74 Å². The SMILES string of the molecule is COc1ccc(C[C@@](O)(CC2CC2)C(=O)O)cc1. The van der Waals surface area contributed by atoms with Gasteiger partial charge in [-0.1, -0.05) is 25.0 Å². The zero-order valence-corrected chi connectivity index (χ0v) is 10.4. The number of carbonyl (C=O) groups is 1. The molecule has 1 aromatic carbocycles. The van der Waals surface area contributed by atoms with Gasteiger partial charge < -0.3 is 14.9 Å². The Morgan fingerprint density at radius 2 is 2.00 bits per heavy atom. The Balaban J connectivity index is 2.09. The van der Waals surface area contributed by atoms with E-state index in [2.05, 4.69) is 0 Å². The minimum Gasteiger partial charge on any atom is -0.497 e. The third-order valence-corrected chi connectivity index (χ3v) is 3.38. The van der Waals surface area contributed by atoms with Crippen LogP contribution in [0.4, 0.5) is 0 Å². The molecule has 0 aliphatic heterocycles. The third-order valence-electron chi connectivity index (χ3n) is 3.38. The van der Waals surface area contributed by atoms with E-state index in [1.54, 1.807) is 31.4 Å². The van der Waals surface area contributed by atoms with Crippen molar-refractivity contribution in [3.8, 4) is 5.75 Å². The molecule has 4 heteroatoms. The number of carboxylic acid groups (broad SMARTS) is 1. The molecule has 1 saturated carbocycles. The van der Waals surface area contributed by atoms with Gasteiger partial charge in [0.05, 0.1) is 7.11 Å². The average Bonchev–Trinajstić information content (AvgIpc) is 3.13. The van der Waals surface area contributed by atoms with Gasteiger partial charge in [0.1, 0.15) is 5.75 Å². The summed E-state index contributed by atoms with van der Waals surface area (Å²) in [5, 5.41) is 19.4. The molecule has 1 atom stereocenters. The van der Waals surface area contributed by atoms with Crippen molar-refractivity contribution < 1.29 is 19.7 Å². The van der Waals surface area contributed by atoms with Gasteiger partial charge in [-0.05, 0) is 30.0 Å². The molecule has 0 saturated heterocycles. The number of rotatable bonds is 6. The molecular weight excluding hydrogens is 232 g/mol. The molecule has 0 bridgehead atoms. The lowest BCUT2D eigenvalue weighted by atomic mass is 9.89. The van der Waals surface area contributed by atoms with Crippen LogP contribution in [-0.2, 0) is 11.2 Å². The van der Waals surface area contributed by atoms with Crippen molar-refractivity contribution in [1.82, 2.24) is 0 Å². The highest BCUT2D eigenvalue weighted by atomic mass is 16.5. The van der Waals surface area contributed by atoms with Crippen molar-refractivity contribution in [2.75, 3.05) is 7.11 Å². The first-order chi connectivity index (χ1) is 8.53. The monoisotopic (exact) mass is 250 g/mol. The highest BCUT2D eigenvalue weighted by Gasteiger charge is 2.41. The van der Waals surface area contributed by atoms with E-state index in [9.17, 15) is 15.0 Å². The van der Waals surface area contributed by atoms with Crippen molar-refractivity contribution in [3.05, 3.63) is 29.8 Å². The predicted octanol–water partition coefficient (Wildman–Crippen LogP) is 1.85. The van der Waals surface area contributed by atoms with E-state index in [4.69, 9.17) is 4.74 Å². The standard InChI is InChI=1S/C14H18O4/c1-18-12-6-4-11(5-7-12)9-14(17,13(15)16)8-10-2-3-10/h4-7,10,17H,2-3,8-9H2,1H3,(H,15,16)/t14-/m0/s1. The van der Waals surface area contributed by atoms with Crippen LogP contribution in [0.3, 0.4) is 0 Å². The molecule has 18 heavy (non-hydrogen) atoms. The Kier molecular flexibility index (Phi) is 3.57. The molecule has 2 rings (SSSR count). The van der Waals surface area contributed by atoms with E-state index in [-0.39, 0.29) is 6.42 Å². The van der Waals surface area contributed by atoms with E-state index >= 15 is 0 Å². The van der Waals surface area contributed by atoms with Crippen LogP contribution in [0.25, 0.3) is 0 Å². The van der Waals surface area contributed by atoms with Crippen LogP contribution in [0.1, 0.15) is 24.8 Å². The molecule has 0 spiro atoms. The highest BCUT2D eigenvalue weighted by Crippen LogP contribution is 2.38. The Labute approximate surface area is 106 Å². The quantitative estimate of drug-likeness (QED) is 0.808.